The van der Waals surface area contributed by atoms with Gasteiger partial charge >= 0.3 is 0 Å². The van der Waals surface area contributed by atoms with Crippen molar-refractivity contribution < 1.29 is 22.1 Å². The lowest BCUT2D eigenvalue weighted by molar-refractivity contribution is 0.127. The number of nitrogens with two attached hydrogens (primary N) is 1. The van der Waals surface area contributed by atoms with Gasteiger partial charge in [-0.2, -0.15) is 5.10 Å². The topological polar surface area (TPSA) is 70.1 Å². The van der Waals surface area contributed by atoms with Crippen LogP contribution in [0.15, 0.2) is 53.2 Å². The Morgan fingerprint density at radius 3 is 2.44 bits per heavy atom. The Bertz CT molecular complexity index is 876. The van der Waals surface area contributed by atoms with E-state index in [4.69, 9.17) is 9.88 Å². The fourth-order valence-electron chi connectivity index (χ4n) is 2.31. The van der Waals surface area contributed by atoms with Gasteiger partial charge in [0.15, 0.2) is 0 Å². The number of aromatic nitrogens is 2. The summed E-state index contributed by atoms with van der Waals surface area (Å²) in [5.41, 5.74) is 0.652. The SMILES string of the molecule is C/C=C(\C=C(\F)C(C)OC)c1cc(C(F)F)nn1-c1ccc(S(N)=O)cc1. The summed E-state index contributed by atoms with van der Waals surface area (Å²) in [6.07, 6.45) is -0.746. The molecule has 0 aliphatic rings. The molecule has 146 valence electrons. The maximum atomic E-state index is 14.2. The number of halogens is 3. The number of ether oxygens (including phenoxy) is 1. The minimum Gasteiger partial charge on any atom is -0.375 e. The maximum Gasteiger partial charge on any atom is 0.282 e. The molecule has 1 heterocycles. The van der Waals surface area contributed by atoms with Crippen LogP contribution in [0.5, 0.6) is 0 Å². The van der Waals surface area contributed by atoms with Gasteiger partial charge in [0.05, 0.1) is 16.3 Å². The van der Waals surface area contributed by atoms with Crippen molar-refractivity contribution in [3.63, 3.8) is 0 Å². The molecule has 0 spiro atoms. The van der Waals surface area contributed by atoms with Crippen molar-refractivity contribution in [3.05, 3.63) is 59.7 Å². The van der Waals surface area contributed by atoms with Crippen molar-refractivity contribution in [2.45, 2.75) is 31.3 Å². The van der Waals surface area contributed by atoms with Crippen molar-refractivity contribution in [3.8, 4) is 5.69 Å². The molecule has 1 aromatic carbocycles. The summed E-state index contributed by atoms with van der Waals surface area (Å²) in [6.45, 7) is 3.20. The van der Waals surface area contributed by atoms with Gasteiger partial charge in [0.2, 0.25) is 0 Å². The third kappa shape index (κ3) is 4.94. The van der Waals surface area contributed by atoms with Crippen molar-refractivity contribution in [1.82, 2.24) is 9.78 Å². The number of nitrogens with zero attached hydrogens (tertiary/aromatic N) is 2. The van der Waals surface area contributed by atoms with Gasteiger partial charge < -0.3 is 4.74 Å². The summed E-state index contributed by atoms with van der Waals surface area (Å²) in [6, 6.07) is 7.33. The lowest BCUT2D eigenvalue weighted by Crippen LogP contribution is -2.07. The summed E-state index contributed by atoms with van der Waals surface area (Å²) < 4.78 is 58.2. The van der Waals surface area contributed by atoms with Crippen LogP contribution in [0.3, 0.4) is 0 Å². The zero-order valence-corrected chi connectivity index (χ0v) is 15.8. The molecule has 2 rings (SSSR count). The highest BCUT2D eigenvalue weighted by atomic mass is 32.2. The maximum absolute atomic E-state index is 14.2. The molecule has 2 N–H and O–H groups in total. The van der Waals surface area contributed by atoms with E-state index in [1.807, 2.05) is 0 Å². The molecule has 0 aliphatic carbocycles. The van der Waals surface area contributed by atoms with E-state index < -0.39 is 35.0 Å². The quantitative estimate of drug-likeness (QED) is 0.713. The van der Waals surface area contributed by atoms with E-state index >= 15 is 0 Å². The van der Waals surface area contributed by atoms with E-state index in [9.17, 15) is 17.4 Å². The first-order chi connectivity index (χ1) is 12.8. The number of hydrogen-bond acceptors (Lipinski definition) is 3. The van der Waals surface area contributed by atoms with E-state index in [1.54, 1.807) is 25.1 Å². The summed E-state index contributed by atoms with van der Waals surface area (Å²) in [5.74, 6) is -0.550. The number of methoxy groups -OCH3 is 1. The fraction of sp³-hybridized carbons (Fsp3) is 0.278. The molecular formula is C18H20F3N3O2S. The zero-order chi connectivity index (χ0) is 20.1. The minimum absolute atomic E-state index is 0.285. The second kappa shape index (κ2) is 9.12. The van der Waals surface area contributed by atoms with Crippen LogP contribution in [0, 0.1) is 0 Å². The lowest BCUT2D eigenvalue weighted by Gasteiger charge is -2.11. The third-order valence-electron chi connectivity index (χ3n) is 3.91. The molecule has 0 saturated heterocycles. The van der Waals surface area contributed by atoms with Crippen LogP contribution in [0.1, 0.15) is 31.7 Å². The summed E-state index contributed by atoms with van der Waals surface area (Å²) in [7, 11) is -0.289. The largest absolute Gasteiger partial charge is 0.375 e. The number of allylic oxidation sites excluding steroid dienone is 3. The smallest absolute Gasteiger partial charge is 0.282 e. The Labute approximate surface area is 157 Å². The van der Waals surface area contributed by atoms with E-state index in [2.05, 4.69) is 5.10 Å². The van der Waals surface area contributed by atoms with Crippen LogP contribution in [0.4, 0.5) is 13.2 Å². The Hall–Kier alpha value is -2.23. The van der Waals surface area contributed by atoms with E-state index in [1.165, 1.54) is 43.0 Å². The Morgan fingerprint density at radius 1 is 1.33 bits per heavy atom. The molecule has 9 heteroatoms. The molecule has 0 fully saturated rings. The van der Waals surface area contributed by atoms with Crippen LogP contribution >= 0.6 is 0 Å². The Kier molecular flexibility index (Phi) is 7.11. The van der Waals surface area contributed by atoms with Gasteiger partial charge in [0.25, 0.3) is 6.43 Å². The minimum atomic E-state index is -2.79. The first-order valence-electron chi connectivity index (χ1n) is 7.99. The van der Waals surface area contributed by atoms with Gasteiger partial charge in [0, 0.05) is 7.11 Å². The molecule has 1 aromatic heterocycles. The van der Waals surface area contributed by atoms with Crippen LogP contribution in [0.25, 0.3) is 11.3 Å². The van der Waals surface area contributed by atoms with E-state index in [0.717, 1.165) is 0 Å². The zero-order valence-electron chi connectivity index (χ0n) is 15.0. The first-order valence-corrected chi connectivity index (χ1v) is 9.21. The first kappa shape index (κ1) is 21.1. The lowest BCUT2D eigenvalue weighted by atomic mass is 10.1. The van der Waals surface area contributed by atoms with Crippen molar-refractivity contribution >= 4 is 16.6 Å². The molecule has 27 heavy (non-hydrogen) atoms. The number of alkyl halides is 2. The van der Waals surface area contributed by atoms with E-state index in [0.29, 0.717) is 16.2 Å². The molecule has 0 bridgehead atoms. The molecule has 2 unspecified atom stereocenters. The van der Waals surface area contributed by atoms with Gasteiger partial charge in [0.1, 0.15) is 28.6 Å². The highest BCUT2D eigenvalue weighted by Gasteiger charge is 2.19. The fourth-order valence-corrected chi connectivity index (χ4v) is 2.72. The monoisotopic (exact) mass is 399 g/mol. The van der Waals surface area contributed by atoms with Crippen molar-refractivity contribution in [2.24, 2.45) is 5.14 Å². The van der Waals surface area contributed by atoms with Gasteiger partial charge in [-0.05, 0) is 55.8 Å². The second-order valence-corrected chi connectivity index (χ2v) is 6.68. The summed E-state index contributed by atoms with van der Waals surface area (Å²) >= 11 is 0. The highest BCUT2D eigenvalue weighted by molar-refractivity contribution is 7.82. The van der Waals surface area contributed by atoms with Crippen LogP contribution in [-0.2, 0) is 15.7 Å². The molecule has 0 radical (unpaired) electrons. The average Bonchev–Trinajstić information content (AvgIpc) is 3.10. The summed E-state index contributed by atoms with van der Waals surface area (Å²) in [5, 5.41) is 9.25. The second-order valence-electron chi connectivity index (χ2n) is 5.61. The normalized spacial score (nSPS) is 15.3. The molecule has 0 saturated carbocycles. The third-order valence-corrected chi connectivity index (χ3v) is 4.64. The average molecular weight is 399 g/mol. The van der Waals surface area contributed by atoms with Gasteiger partial charge in [-0.3, -0.25) is 0 Å². The van der Waals surface area contributed by atoms with Crippen LogP contribution in [-0.4, -0.2) is 27.2 Å². The molecular weight excluding hydrogens is 379 g/mol. The molecule has 5 nitrogen and oxygen atoms in total. The Balaban J connectivity index is 2.57. The molecule has 2 atom stereocenters. The van der Waals surface area contributed by atoms with Crippen molar-refractivity contribution in [2.75, 3.05) is 7.11 Å². The number of rotatable bonds is 7. The van der Waals surface area contributed by atoms with Crippen molar-refractivity contribution in [1.29, 1.82) is 0 Å². The van der Waals surface area contributed by atoms with Gasteiger partial charge in [-0.15, -0.1) is 0 Å². The van der Waals surface area contributed by atoms with E-state index in [-0.39, 0.29) is 5.69 Å². The Morgan fingerprint density at radius 2 is 1.96 bits per heavy atom. The number of hydrogen-bond donors (Lipinski definition) is 1. The molecule has 0 amide bonds. The number of benzene rings is 1. The predicted molar refractivity (Wildman–Crippen MR) is 98.4 cm³/mol. The van der Waals surface area contributed by atoms with Gasteiger partial charge in [-0.1, -0.05) is 6.08 Å². The standard InChI is InChI=1S/C18H20F3N3O2S/c1-4-12(9-15(19)11(2)26-3)17-10-16(18(20)21)23-24(17)13-5-7-14(8-6-13)27(22)25/h4-11,18H,22H2,1-3H3/b12-4+,15-9+. The van der Waals surface area contributed by atoms with Crippen LogP contribution < -0.4 is 5.14 Å². The van der Waals surface area contributed by atoms with Gasteiger partial charge in [-0.25, -0.2) is 27.2 Å². The summed E-state index contributed by atoms with van der Waals surface area (Å²) in [4.78, 5) is 0.382. The predicted octanol–water partition coefficient (Wildman–Crippen LogP) is 4.08. The molecule has 0 aliphatic heterocycles. The highest BCUT2D eigenvalue weighted by Crippen LogP contribution is 2.28. The van der Waals surface area contributed by atoms with Crippen LogP contribution in [0.2, 0.25) is 0 Å². The molecule has 2 aromatic rings.